The minimum Gasteiger partial charge on any atom is -0.359 e. The third-order valence-electron chi connectivity index (χ3n) is 3.64. The Hall–Kier alpha value is -2.51. The highest BCUT2D eigenvalue weighted by Gasteiger charge is 2.14. The molecule has 3 aromatic heterocycles. The van der Waals surface area contributed by atoms with Crippen molar-refractivity contribution in [3.8, 4) is 10.4 Å². The quantitative estimate of drug-likeness (QED) is 0.569. The van der Waals surface area contributed by atoms with Crippen LogP contribution in [0.1, 0.15) is 18.8 Å². The molecule has 4 rings (SSSR count). The van der Waals surface area contributed by atoms with Crippen LogP contribution in [-0.4, -0.2) is 25.1 Å². The first-order valence-electron chi connectivity index (χ1n) is 7.33. The number of rotatable bonds is 4. The highest BCUT2D eigenvalue weighted by atomic mass is 35.5. The van der Waals surface area contributed by atoms with Gasteiger partial charge in [0.15, 0.2) is 0 Å². The molecule has 24 heavy (non-hydrogen) atoms. The topological polar surface area (TPSA) is 79.4 Å². The molecule has 1 aromatic carbocycles. The fourth-order valence-electron chi connectivity index (χ4n) is 2.41. The lowest BCUT2D eigenvalue weighted by Gasteiger charge is -2.11. The second kappa shape index (κ2) is 6.18. The summed E-state index contributed by atoms with van der Waals surface area (Å²) in [5.74, 6) is 1.55. The Morgan fingerprint density at radius 1 is 1.12 bits per heavy atom. The zero-order valence-corrected chi connectivity index (χ0v) is 14.3. The minimum atomic E-state index is -0.0355. The summed E-state index contributed by atoms with van der Waals surface area (Å²) < 4.78 is 1.01. The van der Waals surface area contributed by atoms with Gasteiger partial charge in [-0.15, -0.1) is 11.3 Å². The van der Waals surface area contributed by atoms with Gasteiger partial charge in [-0.25, -0.2) is 15.0 Å². The van der Waals surface area contributed by atoms with Crippen LogP contribution in [0.15, 0.2) is 43.0 Å². The molecule has 0 fully saturated rings. The number of fused-ring (bicyclic) bond motifs is 1. The molecule has 1 atom stereocenters. The zero-order chi connectivity index (χ0) is 16.5. The normalized spacial score (nSPS) is 12.4. The molecule has 0 saturated carbocycles. The maximum Gasteiger partial charge on any atom is 0.148 e. The number of halogens is 1. The van der Waals surface area contributed by atoms with E-state index in [9.17, 15) is 0 Å². The van der Waals surface area contributed by atoms with Crippen molar-refractivity contribution >= 4 is 39.0 Å². The van der Waals surface area contributed by atoms with Gasteiger partial charge < -0.3 is 5.32 Å². The van der Waals surface area contributed by atoms with E-state index in [-0.39, 0.29) is 6.04 Å². The van der Waals surface area contributed by atoms with E-state index in [2.05, 4.69) is 36.5 Å². The summed E-state index contributed by atoms with van der Waals surface area (Å²) >= 11 is 7.61. The number of aromatic nitrogens is 5. The van der Waals surface area contributed by atoms with Crippen molar-refractivity contribution < 1.29 is 0 Å². The van der Waals surface area contributed by atoms with Crippen molar-refractivity contribution in [2.24, 2.45) is 0 Å². The predicted molar refractivity (Wildman–Crippen MR) is 96.3 cm³/mol. The number of nitrogens with one attached hydrogen (secondary N) is 2. The summed E-state index contributed by atoms with van der Waals surface area (Å²) in [7, 11) is 0. The fourth-order valence-corrected chi connectivity index (χ4v) is 3.61. The average Bonchev–Trinajstić information content (AvgIpc) is 3.25. The Kier molecular flexibility index (Phi) is 3.87. The van der Waals surface area contributed by atoms with Crippen LogP contribution in [0.3, 0.4) is 0 Å². The summed E-state index contributed by atoms with van der Waals surface area (Å²) in [6, 6.07) is 9.81. The summed E-state index contributed by atoms with van der Waals surface area (Å²) in [4.78, 5) is 14.1. The van der Waals surface area contributed by atoms with Crippen molar-refractivity contribution in [1.82, 2.24) is 25.1 Å². The first-order chi connectivity index (χ1) is 11.7. The van der Waals surface area contributed by atoms with E-state index in [0.717, 1.165) is 37.3 Å². The third kappa shape index (κ3) is 2.83. The van der Waals surface area contributed by atoms with Crippen LogP contribution in [0.25, 0.3) is 20.7 Å². The second-order valence-corrected chi connectivity index (χ2v) is 6.78. The maximum atomic E-state index is 5.97. The summed E-state index contributed by atoms with van der Waals surface area (Å²) in [5.41, 5.74) is 2.02. The number of benzene rings is 1. The van der Waals surface area contributed by atoms with Crippen molar-refractivity contribution in [3.63, 3.8) is 0 Å². The highest BCUT2D eigenvalue weighted by molar-refractivity contribution is 7.22. The van der Waals surface area contributed by atoms with Crippen molar-refractivity contribution in [2.45, 2.75) is 13.0 Å². The van der Waals surface area contributed by atoms with E-state index in [1.165, 1.54) is 6.33 Å². The summed E-state index contributed by atoms with van der Waals surface area (Å²) in [6.07, 6.45) is 3.06. The Morgan fingerprint density at radius 2 is 1.96 bits per heavy atom. The zero-order valence-electron chi connectivity index (χ0n) is 12.7. The van der Waals surface area contributed by atoms with Crippen LogP contribution < -0.4 is 5.32 Å². The number of H-pyrrole nitrogens is 1. The molecule has 0 aliphatic heterocycles. The van der Waals surface area contributed by atoms with E-state index in [0.29, 0.717) is 0 Å². The van der Waals surface area contributed by atoms with Crippen LogP contribution in [-0.2, 0) is 0 Å². The molecule has 0 radical (unpaired) electrons. The standard InChI is InChI=1S/C16H13ClN6S/c1-9(15-20-8-21-23-15)22-16-14-12(18-7-19-16)6-13(24-14)10-2-4-11(17)5-3-10/h2-9H,1H3,(H,18,19,22)(H,20,21,23). The molecular formula is C16H13ClN6S. The summed E-state index contributed by atoms with van der Waals surface area (Å²) in [6.45, 7) is 2.00. The van der Waals surface area contributed by atoms with Gasteiger partial charge in [0.1, 0.15) is 24.3 Å². The molecule has 1 unspecified atom stereocenters. The van der Waals surface area contributed by atoms with E-state index in [1.807, 2.05) is 31.2 Å². The van der Waals surface area contributed by atoms with E-state index >= 15 is 0 Å². The molecule has 0 spiro atoms. The Morgan fingerprint density at radius 3 is 2.71 bits per heavy atom. The molecule has 0 amide bonds. The van der Waals surface area contributed by atoms with Crippen LogP contribution in [0.4, 0.5) is 5.82 Å². The molecule has 0 aliphatic carbocycles. The second-order valence-electron chi connectivity index (χ2n) is 5.29. The molecule has 6 nitrogen and oxygen atoms in total. The van der Waals surface area contributed by atoms with Gasteiger partial charge in [0.25, 0.3) is 0 Å². The minimum absolute atomic E-state index is 0.0355. The first-order valence-corrected chi connectivity index (χ1v) is 8.52. The van der Waals surface area contributed by atoms with Gasteiger partial charge in [-0.2, -0.15) is 5.10 Å². The third-order valence-corrected chi connectivity index (χ3v) is 5.07. The van der Waals surface area contributed by atoms with Gasteiger partial charge in [-0.05, 0) is 30.7 Å². The molecule has 3 heterocycles. The van der Waals surface area contributed by atoms with Crippen LogP contribution >= 0.6 is 22.9 Å². The van der Waals surface area contributed by atoms with Gasteiger partial charge in [0.05, 0.1) is 16.3 Å². The summed E-state index contributed by atoms with van der Waals surface area (Å²) in [5, 5.41) is 10.8. The van der Waals surface area contributed by atoms with Crippen molar-refractivity contribution in [3.05, 3.63) is 53.8 Å². The number of thiophene rings is 1. The molecule has 0 bridgehead atoms. The largest absolute Gasteiger partial charge is 0.359 e. The van der Waals surface area contributed by atoms with Crippen LogP contribution in [0, 0.1) is 0 Å². The predicted octanol–water partition coefficient (Wildman–Crippen LogP) is 4.30. The molecule has 0 aliphatic rings. The van der Waals surface area contributed by atoms with Crippen LogP contribution in [0.2, 0.25) is 5.02 Å². The van der Waals surface area contributed by atoms with Gasteiger partial charge in [0.2, 0.25) is 0 Å². The Balaban J connectivity index is 1.70. The molecular weight excluding hydrogens is 344 g/mol. The number of hydrogen-bond donors (Lipinski definition) is 2. The molecule has 2 N–H and O–H groups in total. The average molecular weight is 357 g/mol. The van der Waals surface area contributed by atoms with Crippen LogP contribution in [0.5, 0.6) is 0 Å². The fraction of sp³-hybridized carbons (Fsp3) is 0.125. The van der Waals surface area contributed by atoms with E-state index in [4.69, 9.17) is 11.6 Å². The lowest BCUT2D eigenvalue weighted by molar-refractivity contribution is 0.791. The van der Waals surface area contributed by atoms with E-state index in [1.54, 1.807) is 17.7 Å². The SMILES string of the molecule is CC(Nc1ncnc2cc(-c3ccc(Cl)cc3)sc12)c1ncn[nH]1. The van der Waals surface area contributed by atoms with Crippen molar-refractivity contribution in [2.75, 3.05) is 5.32 Å². The molecule has 120 valence electrons. The monoisotopic (exact) mass is 356 g/mol. The number of nitrogens with zero attached hydrogens (tertiary/aromatic N) is 4. The molecule has 0 saturated heterocycles. The van der Waals surface area contributed by atoms with Gasteiger partial charge in [0, 0.05) is 9.90 Å². The highest BCUT2D eigenvalue weighted by Crippen LogP contribution is 2.36. The lowest BCUT2D eigenvalue weighted by atomic mass is 10.2. The van der Waals surface area contributed by atoms with Gasteiger partial charge >= 0.3 is 0 Å². The molecule has 8 heteroatoms. The van der Waals surface area contributed by atoms with Gasteiger partial charge in [-0.1, -0.05) is 23.7 Å². The molecule has 4 aromatic rings. The Bertz CT molecular complexity index is 964. The number of anilines is 1. The lowest BCUT2D eigenvalue weighted by Crippen LogP contribution is -2.09. The smallest absolute Gasteiger partial charge is 0.148 e. The first kappa shape index (κ1) is 15.0. The maximum absolute atomic E-state index is 5.97. The van der Waals surface area contributed by atoms with E-state index < -0.39 is 0 Å². The number of hydrogen-bond acceptors (Lipinski definition) is 6. The Labute approximate surface area is 147 Å². The van der Waals surface area contributed by atoms with Gasteiger partial charge in [-0.3, -0.25) is 5.10 Å². The van der Waals surface area contributed by atoms with Crippen molar-refractivity contribution in [1.29, 1.82) is 0 Å². The number of aromatic amines is 1.